The third kappa shape index (κ3) is 4.13. The molecule has 154 valence electrons. The summed E-state index contributed by atoms with van der Waals surface area (Å²) >= 11 is 0. The summed E-state index contributed by atoms with van der Waals surface area (Å²) in [5.74, 6) is 0. The van der Waals surface area contributed by atoms with Gasteiger partial charge in [-0.25, -0.2) is 9.83 Å². The van der Waals surface area contributed by atoms with Crippen LogP contribution in [-0.2, 0) is 0 Å². The molecule has 0 radical (unpaired) electrons. The molecular formula is C28H22N4. The predicted octanol–water partition coefficient (Wildman–Crippen LogP) is 7.13. The van der Waals surface area contributed by atoms with Crippen molar-refractivity contribution in [1.82, 2.24) is 9.97 Å². The third-order valence-corrected chi connectivity index (χ3v) is 5.30. The largest absolute Gasteiger partial charge is 0.252 e. The zero-order chi connectivity index (χ0) is 22.8. The number of hydrogen-bond acceptors (Lipinski definition) is 3. The lowest BCUT2D eigenvalue weighted by atomic mass is 9.98. The number of aromatic nitrogens is 2. The molecule has 3 aromatic carbocycles. The first-order chi connectivity index (χ1) is 15.4. The monoisotopic (exact) mass is 414 g/mol. The van der Waals surface area contributed by atoms with Crippen molar-refractivity contribution in [3.05, 3.63) is 100 Å². The molecule has 1 heterocycles. The van der Waals surface area contributed by atoms with Crippen LogP contribution in [0.4, 0.5) is 5.69 Å². The highest BCUT2D eigenvalue weighted by atomic mass is 14.8. The van der Waals surface area contributed by atoms with Crippen molar-refractivity contribution < 1.29 is 0 Å². The molecule has 0 N–H and O–H groups in total. The van der Waals surface area contributed by atoms with Crippen molar-refractivity contribution in [2.45, 2.75) is 27.7 Å². The van der Waals surface area contributed by atoms with Crippen LogP contribution in [0.3, 0.4) is 0 Å². The van der Waals surface area contributed by atoms with Crippen LogP contribution in [0.15, 0.2) is 60.8 Å². The van der Waals surface area contributed by atoms with Crippen LogP contribution in [-0.4, -0.2) is 9.97 Å². The Morgan fingerprint density at radius 3 is 1.84 bits per heavy atom. The van der Waals surface area contributed by atoms with Crippen LogP contribution < -0.4 is 0 Å². The molecule has 0 aliphatic carbocycles. The van der Waals surface area contributed by atoms with Gasteiger partial charge in [0.15, 0.2) is 0 Å². The molecule has 32 heavy (non-hydrogen) atoms. The van der Waals surface area contributed by atoms with E-state index in [1.165, 1.54) is 11.1 Å². The molecule has 0 saturated heterocycles. The molecule has 0 aliphatic rings. The molecule has 0 fully saturated rings. The molecule has 4 heteroatoms. The predicted molar refractivity (Wildman–Crippen MR) is 128 cm³/mol. The van der Waals surface area contributed by atoms with Gasteiger partial charge >= 0.3 is 0 Å². The fourth-order valence-electron chi connectivity index (χ4n) is 4.04. The summed E-state index contributed by atoms with van der Waals surface area (Å²) in [6.45, 7) is 15.7. The molecule has 0 saturated carbocycles. The van der Waals surface area contributed by atoms with Crippen molar-refractivity contribution >= 4 is 5.69 Å². The van der Waals surface area contributed by atoms with Crippen molar-refractivity contribution in [3.8, 4) is 39.8 Å². The second kappa shape index (κ2) is 8.46. The maximum Gasteiger partial charge on any atom is 0.205 e. The van der Waals surface area contributed by atoms with E-state index in [1.54, 1.807) is 18.3 Å². The average Bonchev–Trinajstić information content (AvgIpc) is 2.77. The molecule has 4 rings (SSSR count). The highest BCUT2D eigenvalue weighted by molar-refractivity contribution is 5.81. The topological polar surface area (TPSA) is 53.9 Å². The van der Waals surface area contributed by atoms with Crippen LogP contribution in [0.2, 0.25) is 0 Å². The van der Waals surface area contributed by atoms with Crippen molar-refractivity contribution in [1.29, 1.82) is 5.26 Å². The Balaban J connectivity index is 1.97. The molecule has 0 unspecified atom stereocenters. The molecule has 0 atom stereocenters. The van der Waals surface area contributed by atoms with Crippen molar-refractivity contribution in [2.24, 2.45) is 0 Å². The van der Waals surface area contributed by atoms with E-state index in [2.05, 4.69) is 75.0 Å². The van der Waals surface area contributed by atoms with Gasteiger partial charge in [-0.15, -0.1) is 0 Å². The molecule has 0 aliphatic heterocycles. The zero-order valence-corrected chi connectivity index (χ0v) is 18.6. The molecule has 0 spiro atoms. The first-order valence-electron chi connectivity index (χ1n) is 10.3. The standard InChI is InChI=1S/C28H22N4/c1-17-8-18(2)11-23(10-17)27-28(24-12-19(3)9-20(4)13-24)32-26(16-31-27)21-6-7-22(15-29)25(14-21)30-5/h6-14,16H,1-4H3. The number of benzene rings is 3. The summed E-state index contributed by atoms with van der Waals surface area (Å²) in [4.78, 5) is 13.3. The van der Waals surface area contributed by atoms with Gasteiger partial charge in [0.2, 0.25) is 5.69 Å². The van der Waals surface area contributed by atoms with Gasteiger partial charge in [0.1, 0.15) is 0 Å². The quantitative estimate of drug-likeness (QED) is 0.335. The first kappa shape index (κ1) is 21.0. The lowest BCUT2D eigenvalue weighted by Gasteiger charge is -2.13. The minimum atomic E-state index is 0.318. The lowest BCUT2D eigenvalue weighted by molar-refractivity contribution is 1.20. The summed E-state index contributed by atoms with van der Waals surface area (Å²) < 4.78 is 0. The van der Waals surface area contributed by atoms with E-state index in [9.17, 15) is 5.26 Å². The molecule has 4 nitrogen and oxygen atoms in total. The molecule has 0 amide bonds. The van der Waals surface area contributed by atoms with Gasteiger partial charge in [0, 0.05) is 11.1 Å². The second-order valence-corrected chi connectivity index (χ2v) is 8.16. The molecule has 0 bridgehead atoms. The molecule has 1 aromatic heterocycles. The molecular weight excluding hydrogens is 392 g/mol. The third-order valence-electron chi connectivity index (χ3n) is 5.30. The molecule has 4 aromatic rings. The number of nitriles is 1. The Morgan fingerprint density at radius 2 is 1.31 bits per heavy atom. The van der Waals surface area contributed by atoms with E-state index in [-0.39, 0.29) is 0 Å². The van der Waals surface area contributed by atoms with E-state index < -0.39 is 0 Å². The van der Waals surface area contributed by atoms with Crippen LogP contribution >= 0.6 is 0 Å². The van der Waals surface area contributed by atoms with Crippen LogP contribution in [0, 0.1) is 45.6 Å². The number of hydrogen-bond donors (Lipinski definition) is 0. The van der Waals surface area contributed by atoms with E-state index in [1.807, 2.05) is 6.07 Å². The fraction of sp³-hybridized carbons (Fsp3) is 0.143. The highest BCUT2D eigenvalue weighted by Crippen LogP contribution is 2.34. The van der Waals surface area contributed by atoms with E-state index in [0.29, 0.717) is 16.9 Å². The highest BCUT2D eigenvalue weighted by Gasteiger charge is 2.15. The summed E-state index contributed by atoms with van der Waals surface area (Å²) in [7, 11) is 0. The Kier molecular flexibility index (Phi) is 5.54. The van der Waals surface area contributed by atoms with Gasteiger partial charge < -0.3 is 0 Å². The van der Waals surface area contributed by atoms with Gasteiger partial charge in [-0.3, -0.25) is 4.98 Å². The minimum Gasteiger partial charge on any atom is -0.252 e. The van der Waals surface area contributed by atoms with Crippen LogP contribution in [0.1, 0.15) is 27.8 Å². The SMILES string of the molecule is [C-]#[N+]c1cc(-c2cnc(-c3cc(C)cc(C)c3)c(-c3cc(C)cc(C)c3)n2)ccc1C#N. The summed E-state index contributed by atoms with van der Waals surface area (Å²) in [5.41, 5.74) is 10.4. The van der Waals surface area contributed by atoms with Gasteiger partial charge in [0.25, 0.3) is 0 Å². The second-order valence-electron chi connectivity index (χ2n) is 8.16. The first-order valence-corrected chi connectivity index (χ1v) is 10.3. The van der Waals surface area contributed by atoms with Crippen molar-refractivity contribution in [3.63, 3.8) is 0 Å². The summed E-state index contributed by atoms with van der Waals surface area (Å²) in [6.07, 6.45) is 1.74. The minimum absolute atomic E-state index is 0.318. The van der Waals surface area contributed by atoms with Gasteiger partial charge in [0.05, 0.1) is 41.5 Å². The van der Waals surface area contributed by atoms with E-state index in [0.717, 1.165) is 39.2 Å². The number of nitrogens with zero attached hydrogens (tertiary/aromatic N) is 4. The normalized spacial score (nSPS) is 10.4. The van der Waals surface area contributed by atoms with Crippen LogP contribution in [0.25, 0.3) is 38.6 Å². The average molecular weight is 415 g/mol. The maximum atomic E-state index is 9.24. The Morgan fingerprint density at radius 1 is 0.750 bits per heavy atom. The van der Waals surface area contributed by atoms with Crippen LogP contribution in [0.5, 0.6) is 0 Å². The lowest BCUT2D eigenvalue weighted by Crippen LogP contribution is -1.98. The van der Waals surface area contributed by atoms with E-state index in [4.69, 9.17) is 16.5 Å². The Bertz CT molecular complexity index is 1390. The Hall–Kier alpha value is -4.28. The van der Waals surface area contributed by atoms with Gasteiger partial charge in [-0.2, -0.15) is 5.26 Å². The number of aryl methyl sites for hydroxylation is 4. The maximum absolute atomic E-state index is 9.24. The van der Waals surface area contributed by atoms with Gasteiger partial charge in [-0.1, -0.05) is 46.5 Å². The smallest absolute Gasteiger partial charge is 0.205 e. The number of rotatable bonds is 3. The van der Waals surface area contributed by atoms with Gasteiger partial charge in [-0.05, 0) is 63.6 Å². The zero-order valence-electron chi connectivity index (χ0n) is 18.6. The van der Waals surface area contributed by atoms with E-state index >= 15 is 0 Å². The summed E-state index contributed by atoms with van der Waals surface area (Å²) in [6, 6.07) is 20.0. The Labute approximate surface area is 188 Å². The van der Waals surface area contributed by atoms with Crippen molar-refractivity contribution in [2.75, 3.05) is 0 Å². The fourth-order valence-corrected chi connectivity index (χ4v) is 4.04. The summed E-state index contributed by atoms with van der Waals surface area (Å²) in [5, 5.41) is 9.24.